The number of thiocarbonyl (C=S) groups is 1. The Kier molecular flexibility index (Phi) is 9.10. The third-order valence-electron chi connectivity index (χ3n) is 1.13. The van der Waals surface area contributed by atoms with E-state index in [0.29, 0.717) is 10.5 Å². The molecule has 0 aromatic heterocycles. The molecule has 0 amide bonds. The summed E-state index contributed by atoms with van der Waals surface area (Å²) in [5.41, 5.74) is 0. The van der Waals surface area contributed by atoms with Crippen molar-refractivity contribution in [3.05, 3.63) is 0 Å². The fraction of sp³-hybridized carbons (Fsp3) is 0.909. The first-order valence-electron chi connectivity index (χ1n) is 5.65. The predicted molar refractivity (Wildman–Crippen MR) is 94.8 cm³/mol. The van der Waals surface area contributed by atoms with E-state index in [1.54, 1.807) is 10.8 Å². The van der Waals surface area contributed by atoms with Crippen molar-refractivity contribution in [1.82, 2.24) is 3.71 Å². The first kappa shape index (κ1) is 18.3. The van der Waals surface area contributed by atoms with Crippen LogP contribution in [0, 0.1) is 0 Å². The Morgan fingerprint density at radius 2 is 1.41 bits per heavy atom. The zero-order valence-electron chi connectivity index (χ0n) is 11.6. The van der Waals surface area contributed by atoms with E-state index in [0.717, 1.165) is 4.32 Å². The van der Waals surface area contributed by atoms with Gasteiger partial charge in [-0.1, -0.05) is 59.3 Å². The summed E-state index contributed by atoms with van der Waals surface area (Å²) in [7, 11) is 3.54. The van der Waals surface area contributed by atoms with Crippen molar-refractivity contribution in [3.8, 4) is 0 Å². The standard InChI is InChI=1S/C11H23NS5/c1-8(2)14-12(15-9(3)4)10(13)16-17-11(5,6)7/h8-9H,1-7H3. The van der Waals surface area contributed by atoms with Gasteiger partial charge in [-0.2, -0.15) is 0 Å². The molecule has 1 nitrogen and oxygen atoms in total. The van der Waals surface area contributed by atoms with Crippen LogP contribution in [0.1, 0.15) is 48.5 Å². The third kappa shape index (κ3) is 10.9. The first-order valence-corrected chi connectivity index (χ1v) is 9.88. The fourth-order valence-corrected chi connectivity index (χ4v) is 5.75. The van der Waals surface area contributed by atoms with Crippen LogP contribution in [0.5, 0.6) is 0 Å². The van der Waals surface area contributed by atoms with Gasteiger partial charge in [0.05, 0.1) is 0 Å². The van der Waals surface area contributed by atoms with E-state index in [9.17, 15) is 0 Å². The Bertz CT molecular complexity index is 225. The number of nitrogens with zero attached hydrogens (tertiary/aromatic N) is 1. The number of hydrogen-bond donors (Lipinski definition) is 0. The second-order valence-corrected chi connectivity index (χ2v) is 12.0. The minimum absolute atomic E-state index is 0.241. The van der Waals surface area contributed by atoms with Gasteiger partial charge in [0.1, 0.15) is 0 Å². The van der Waals surface area contributed by atoms with Crippen LogP contribution >= 0.6 is 57.7 Å². The average molecular weight is 330 g/mol. The molecule has 102 valence electrons. The van der Waals surface area contributed by atoms with Crippen molar-refractivity contribution in [2.75, 3.05) is 0 Å². The zero-order chi connectivity index (χ0) is 13.6. The van der Waals surface area contributed by atoms with E-state index in [4.69, 9.17) is 12.2 Å². The molecule has 0 aromatic carbocycles. The first-order chi connectivity index (χ1) is 7.61. The summed E-state index contributed by atoms with van der Waals surface area (Å²) in [6.45, 7) is 15.4. The normalized spacial score (nSPS) is 12.3. The van der Waals surface area contributed by atoms with Gasteiger partial charge in [0.25, 0.3) is 0 Å². The molecule has 0 N–H and O–H groups in total. The highest BCUT2D eigenvalue weighted by Crippen LogP contribution is 2.41. The van der Waals surface area contributed by atoms with E-state index in [1.807, 2.05) is 34.7 Å². The van der Waals surface area contributed by atoms with Crippen molar-refractivity contribution in [3.63, 3.8) is 0 Å². The Morgan fingerprint density at radius 1 is 1.00 bits per heavy atom. The predicted octanol–water partition coefficient (Wildman–Crippen LogP) is 5.87. The van der Waals surface area contributed by atoms with Crippen molar-refractivity contribution < 1.29 is 0 Å². The Labute approximate surface area is 129 Å². The van der Waals surface area contributed by atoms with Gasteiger partial charge in [-0.25, -0.2) is 3.71 Å². The van der Waals surface area contributed by atoms with Crippen LogP contribution in [0.15, 0.2) is 0 Å². The van der Waals surface area contributed by atoms with Gasteiger partial charge in [0, 0.05) is 15.2 Å². The van der Waals surface area contributed by atoms with Crippen molar-refractivity contribution in [2.45, 2.75) is 63.7 Å². The molecular weight excluding hydrogens is 306 g/mol. The quantitative estimate of drug-likeness (QED) is 0.350. The van der Waals surface area contributed by atoms with Gasteiger partial charge >= 0.3 is 0 Å². The second kappa shape index (κ2) is 8.46. The van der Waals surface area contributed by atoms with Gasteiger partial charge in [0.15, 0.2) is 4.32 Å². The minimum atomic E-state index is 0.241. The van der Waals surface area contributed by atoms with Gasteiger partial charge in [-0.05, 0) is 46.9 Å². The molecule has 0 aliphatic heterocycles. The fourth-order valence-electron chi connectivity index (χ4n) is 0.685. The molecule has 0 unspecified atom stereocenters. The lowest BCUT2D eigenvalue weighted by Gasteiger charge is -2.26. The van der Waals surface area contributed by atoms with Crippen LogP contribution in [-0.4, -0.2) is 23.3 Å². The van der Waals surface area contributed by atoms with Crippen LogP contribution < -0.4 is 0 Å². The van der Waals surface area contributed by atoms with E-state index >= 15 is 0 Å². The number of rotatable bonds is 5. The molecule has 0 fully saturated rings. The molecule has 0 saturated carbocycles. The molecule has 0 atom stereocenters. The highest BCUT2D eigenvalue weighted by molar-refractivity contribution is 8.84. The molecule has 0 aromatic rings. The average Bonchev–Trinajstić information content (AvgIpc) is 2.10. The summed E-state index contributed by atoms with van der Waals surface area (Å²) in [4.78, 5) is 0. The van der Waals surface area contributed by atoms with E-state index < -0.39 is 0 Å². The molecule has 0 radical (unpaired) electrons. The van der Waals surface area contributed by atoms with Gasteiger partial charge in [0.2, 0.25) is 0 Å². The summed E-state index contributed by atoms with van der Waals surface area (Å²) in [6, 6.07) is 0. The van der Waals surface area contributed by atoms with Crippen LogP contribution in [0.25, 0.3) is 0 Å². The van der Waals surface area contributed by atoms with Crippen molar-refractivity contribution in [1.29, 1.82) is 0 Å². The van der Waals surface area contributed by atoms with E-state index in [1.165, 1.54) is 0 Å². The van der Waals surface area contributed by atoms with Crippen molar-refractivity contribution in [2.24, 2.45) is 0 Å². The summed E-state index contributed by atoms with van der Waals surface area (Å²) in [6.07, 6.45) is 0. The molecule has 0 heterocycles. The molecule has 0 saturated heterocycles. The maximum Gasteiger partial charge on any atom is 0.167 e. The molecular formula is C11H23NS5. The summed E-state index contributed by atoms with van der Waals surface area (Å²) < 4.78 is 3.39. The van der Waals surface area contributed by atoms with Crippen LogP contribution in [0.3, 0.4) is 0 Å². The minimum Gasteiger partial charge on any atom is -0.241 e. The molecule has 0 rings (SSSR count). The lowest BCUT2D eigenvalue weighted by Crippen LogP contribution is -2.17. The highest BCUT2D eigenvalue weighted by Gasteiger charge is 2.19. The zero-order valence-corrected chi connectivity index (χ0v) is 15.7. The lowest BCUT2D eigenvalue weighted by molar-refractivity contribution is 0.810. The smallest absolute Gasteiger partial charge is 0.167 e. The van der Waals surface area contributed by atoms with Crippen LogP contribution in [-0.2, 0) is 0 Å². The molecule has 6 heteroatoms. The Balaban J connectivity index is 4.32. The van der Waals surface area contributed by atoms with Gasteiger partial charge in [-0.3, -0.25) is 0 Å². The SMILES string of the molecule is CC(C)SN(SC(C)C)C(=S)SSC(C)(C)C. The summed E-state index contributed by atoms with van der Waals surface area (Å²) in [5, 5.41) is 1.11. The van der Waals surface area contributed by atoms with Crippen LogP contribution in [0.4, 0.5) is 0 Å². The second-order valence-electron chi connectivity index (χ2n) is 5.11. The molecule has 0 bridgehead atoms. The van der Waals surface area contributed by atoms with E-state index in [2.05, 4.69) is 52.2 Å². The summed E-state index contributed by atoms with van der Waals surface area (Å²) in [5.74, 6) is 0. The largest absolute Gasteiger partial charge is 0.241 e. The number of hydrogen-bond acceptors (Lipinski definition) is 5. The third-order valence-corrected chi connectivity index (χ3v) is 7.58. The maximum absolute atomic E-state index is 5.51. The molecule has 17 heavy (non-hydrogen) atoms. The Hall–Kier alpha value is 1.29. The van der Waals surface area contributed by atoms with Gasteiger partial charge in [-0.15, -0.1) is 0 Å². The molecule has 0 aliphatic carbocycles. The monoisotopic (exact) mass is 329 g/mol. The highest BCUT2D eigenvalue weighted by atomic mass is 33.1. The molecule has 0 aliphatic rings. The summed E-state index contributed by atoms with van der Waals surface area (Å²) >= 11 is 9.12. The van der Waals surface area contributed by atoms with Crippen LogP contribution in [0.2, 0.25) is 0 Å². The lowest BCUT2D eigenvalue weighted by atomic mass is 10.3. The maximum atomic E-state index is 5.51. The van der Waals surface area contributed by atoms with Crippen molar-refractivity contribution >= 4 is 62.0 Å². The Morgan fingerprint density at radius 3 is 1.71 bits per heavy atom. The van der Waals surface area contributed by atoms with E-state index in [-0.39, 0.29) is 4.75 Å². The molecule has 0 spiro atoms. The topological polar surface area (TPSA) is 3.24 Å². The van der Waals surface area contributed by atoms with Gasteiger partial charge < -0.3 is 0 Å².